The van der Waals surface area contributed by atoms with Gasteiger partial charge in [-0.3, -0.25) is 4.79 Å². The molecule has 0 rings (SSSR count). The van der Waals surface area contributed by atoms with E-state index in [1.54, 1.807) is 6.92 Å². The molecule has 1 amide bonds. The summed E-state index contributed by atoms with van der Waals surface area (Å²) >= 11 is 0. The summed E-state index contributed by atoms with van der Waals surface area (Å²) in [5, 5.41) is 11.3. The first-order valence-corrected chi connectivity index (χ1v) is 4.72. The Kier molecular flexibility index (Phi) is 6.54. The SMILES string of the molecule is CC(N)CCCC(=O)NC(C)CO. The molecule has 4 nitrogen and oxygen atoms in total. The summed E-state index contributed by atoms with van der Waals surface area (Å²) in [6, 6.07) is 0.00543. The predicted molar refractivity (Wildman–Crippen MR) is 52.2 cm³/mol. The number of carbonyl (C=O) groups is 1. The van der Waals surface area contributed by atoms with Crippen molar-refractivity contribution in [3.05, 3.63) is 0 Å². The number of rotatable bonds is 6. The molecule has 0 bridgehead atoms. The van der Waals surface area contributed by atoms with Gasteiger partial charge in [0, 0.05) is 18.5 Å². The molecule has 4 N–H and O–H groups in total. The highest BCUT2D eigenvalue weighted by molar-refractivity contribution is 5.76. The van der Waals surface area contributed by atoms with Crippen molar-refractivity contribution in [1.82, 2.24) is 5.32 Å². The van der Waals surface area contributed by atoms with Crippen molar-refractivity contribution in [1.29, 1.82) is 0 Å². The van der Waals surface area contributed by atoms with Gasteiger partial charge in [0.2, 0.25) is 5.91 Å². The summed E-state index contributed by atoms with van der Waals surface area (Å²) < 4.78 is 0. The Morgan fingerprint density at radius 2 is 2.15 bits per heavy atom. The standard InChI is InChI=1S/C9H20N2O2/c1-7(10)4-3-5-9(13)11-8(2)6-12/h7-8,12H,3-6,10H2,1-2H3,(H,11,13). The summed E-state index contributed by atoms with van der Waals surface area (Å²) in [4.78, 5) is 11.1. The second-order valence-corrected chi connectivity index (χ2v) is 3.52. The fourth-order valence-electron chi connectivity index (χ4n) is 0.977. The Bertz CT molecular complexity index is 149. The number of hydrogen-bond acceptors (Lipinski definition) is 3. The smallest absolute Gasteiger partial charge is 0.220 e. The molecule has 2 atom stereocenters. The van der Waals surface area contributed by atoms with Crippen LogP contribution in [0.15, 0.2) is 0 Å². The Hall–Kier alpha value is -0.610. The molecule has 2 unspecified atom stereocenters. The van der Waals surface area contributed by atoms with Gasteiger partial charge in [0.05, 0.1) is 6.61 Å². The van der Waals surface area contributed by atoms with Gasteiger partial charge in [-0.05, 0) is 26.7 Å². The molecule has 0 spiro atoms. The van der Waals surface area contributed by atoms with Crippen molar-refractivity contribution in [2.24, 2.45) is 5.73 Å². The maximum atomic E-state index is 11.1. The lowest BCUT2D eigenvalue weighted by Gasteiger charge is -2.10. The first-order valence-electron chi connectivity index (χ1n) is 4.72. The highest BCUT2D eigenvalue weighted by Gasteiger charge is 2.05. The van der Waals surface area contributed by atoms with Gasteiger partial charge in [-0.1, -0.05) is 0 Å². The minimum absolute atomic E-state index is 0.0119. The third-order valence-electron chi connectivity index (χ3n) is 1.74. The Labute approximate surface area is 79.5 Å². The molecule has 0 aliphatic rings. The molecule has 0 aromatic heterocycles. The van der Waals surface area contributed by atoms with E-state index in [1.165, 1.54) is 0 Å². The van der Waals surface area contributed by atoms with Crippen LogP contribution in [0.4, 0.5) is 0 Å². The van der Waals surface area contributed by atoms with Crippen molar-refractivity contribution in [2.75, 3.05) is 6.61 Å². The molecule has 0 aliphatic heterocycles. The largest absolute Gasteiger partial charge is 0.394 e. The number of aliphatic hydroxyl groups is 1. The fraction of sp³-hybridized carbons (Fsp3) is 0.889. The molecule has 0 fully saturated rings. The molecule has 0 aromatic rings. The lowest BCUT2D eigenvalue weighted by molar-refractivity contribution is -0.122. The van der Waals surface area contributed by atoms with E-state index < -0.39 is 0 Å². The van der Waals surface area contributed by atoms with Crippen LogP contribution in [0, 0.1) is 0 Å². The van der Waals surface area contributed by atoms with Gasteiger partial charge >= 0.3 is 0 Å². The lowest BCUT2D eigenvalue weighted by Crippen LogP contribution is -2.34. The van der Waals surface area contributed by atoms with Gasteiger partial charge in [0.15, 0.2) is 0 Å². The molecule has 13 heavy (non-hydrogen) atoms. The van der Waals surface area contributed by atoms with Crippen molar-refractivity contribution in [3.63, 3.8) is 0 Å². The molecule has 0 saturated carbocycles. The molecular formula is C9H20N2O2. The molecule has 0 heterocycles. The summed E-state index contributed by atoms with van der Waals surface area (Å²) in [6.45, 7) is 3.68. The quantitative estimate of drug-likeness (QED) is 0.549. The minimum atomic E-state index is -0.150. The Morgan fingerprint density at radius 1 is 1.54 bits per heavy atom. The zero-order valence-corrected chi connectivity index (χ0v) is 8.42. The summed E-state index contributed by atoms with van der Waals surface area (Å²) in [7, 11) is 0. The number of nitrogens with two attached hydrogens (primary N) is 1. The maximum Gasteiger partial charge on any atom is 0.220 e. The van der Waals surface area contributed by atoms with Gasteiger partial charge in [0.25, 0.3) is 0 Å². The molecule has 0 radical (unpaired) electrons. The lowest BCUT2D eigenvalue weighted by atomic mass is 10.1. The van der Waals surface area contributed by atoms with E-state index >= 15 is 0 Å². The van der Waals surface area contributed by atoms with Gasteiger partial charge in [0.1, 0.15) is 0 Å². The van der Waals surface area contributed by atoms with Gasteiger partial charge in [-0.25, -0.2) is 0 Å². The zero-order chi connectivity index (χ0) is 10.3. The van der Waals surface area contributed by atoms with Crippen LogP contribution in [0.3, 0.4) is 0 Å². The van der Waals surface area contributed by atoms with Crippen LogP contribution in [0.1, 0.15) is 33.1 Å². The van der Waals surface area contributed by atoms with Crippen LogP contribution in [0.25, 0.3) is 0 Å². The molecular weight excluding hydrogens is 168 g/mol. The van der Waals surface area contributed by atoms with Gasteiger partial charge < -0.3 is 16.2 Å². The third kappa shape index (κ3) is 7.74. The fourth-order valence-corrected chi connectivity index (χ4v) is 0.977. The van der Waals surface area contributed by atoms with Crippen molar-refractivity contribution in [2.45, 2.75) is 45.2 Å². The maximum absolute atomic E-state index is 11.1. The van der Waals surface area contributed by atoms with E-state index in [9.17, 15) is 4.79 Å². The van der Waals surface area contributed by atoms with Crippen LogP contribution in [0.5, 0.6) is 0 Å². The average molecular weight is 188 g/mol. The van der Waals surface area contributed by atoms with E-state index in [4.69, 9.17) is 10.8 Å². The van der Waals surface area contributed by atoms with Crippen molar-refractivity contribution < 1.29 is 9.90 Å². The van der Waals surface area contributed by atoms with Crippen LogP contribution >= 0.6 is 0 Å². The second-order valence-electron chi connectivity index (χ2n) is 3.52. The van der Waals surface area contributed by atoms with E-state index in [1.807, 2.05) is 6.92 Å². The number of aliphatic hydroxyl groups excluding tert-OH is 1. The third-order valence-corrected chi connectivity index (χ3v) is 1.74. The highest BCUT2D eigenvalue weighted by Crippen LogP contribution is 1.98. The predicted octanol–water partition coefficient (Wildman–Crippen LogP) is 0.000900. The normalized spacial score (nSPS) is 15.1. The van der Waals surface area contributed by atoms with Gasteiger partial charge in [-0.15, -0.1) is 0 Å². The van der Waals surface area contributed by atoms with Crippen molar-refractivity contribution >= 4 is 5.91 Å². The van der Waals surface area contributed by atoms with Crippen LogP contribution < -0.4 is 11.1 Å². The number of carbonyl (C=O) groups excluding carboxylic acids is 1. The van der Waals surface area contributed by atoms with E-state index in [-0.39, 0.29) is 24.6 Å². The molecule has 0 saturated heterocycles. The number of nitrogens with one attached hydrogen (secondary N) is 1. The highest BCUT2D eigenvalue weighted by atomic mass is 16.3. The molecule has 78 valence electrons. The Morgan fingerprint density at radius 3 is 2.62 bits per heavy atom. The monoisotopic (exact) mass is 188 g/mol. The minimum Gasteiger partial charge on any atom is -0.394 e. The first kappa shape index (κ1) is 12.4. The van der Waals surface area contributed by atoms with Crippen molar-refractivity contribution in [3.8, 4) is 0 Å². The number of hydrogen-bond donors (Lipinski definition) is 3. The summed E-state index contributed by atoms with van der Waals surface area (Å²) in [5.74, 6) is -0.0119. The van der Waals surface area contributed by atoms with E-state index in [0.29, 0.717) is 6.42 Å². The molecule has 0 aliphatic carbocycles. The van der Waals surface area contributed by atoms with Crippen LogP contribution in [-0.4, -0.2) is 29.7 Å². The Balaban J connectivity index is 3.41. The molecule has 0 aromatic carbocycles. The number of amides is 1. The first-order chi connectivity index (χ1) is 6.06. The second kappa shape index (κ2) is 6.86. The zero-order valence-electron chi connectivity index (χ0n) is 8.42. The topological polar surface area (TPSA) is 75.4 Å². The van der Waals surface area contributed by atoms with Crippen LogP contribution in [-0.2, 0) is 4.79 Å². The molecule has 4 heteroatoms. The van der Waals surface area contributed by atoms with E-state index in [2.05, 4.69) is 5.32 Å². The van der Waals surface area contributed by atoms with Crippen LogP contribution in [0.2, 0.25) is 0 Å². The average Bonchev–Trinajstić information content (AvgIpc) is 2.03. The van der Waals surface area contributed by atoms with Gasteiger partial charge in [-0.2, -0.15) is 0 Å². The van der Waals surface area contributed by atoms with E-state index in [0.717, 1.165) is 12.8 Å². The summed E-state index contributed by atoms with van der Waals surface area (Å²) in [5.41, 5.74) is 5.53. The summed E-state index contributed by atoms with van der Waals surface area (Å²) in [6.07, 6.45) is 2.16.